The highest BCUT2D eigenvalue weighted by Gasteiger charge is 2.30. The molecule has 5 rings (SSSR count). The van der Waals surface area contributed by atoms with Gasteiger partial charge in [0.05, 0.1) is 36.5 Å². The molecule has 10 nitrogen and oxygen atoms in total. The van der Waals surface area contributed by atoms with Crippen LogP contribution >= 0.6 is 11.3 Å². The normalized spacial score (nSPS) is 11.7. The predicted octanol–water partition coefficient (Wildman–Crippen LogP) is 6.84. The number of aryl methyl sites for hydroxylation is 1. The number of rotatable bonds is 12. The SMILES string of the molecule is Cc1ccccc1S(=O)(=O)O.FC(F)(F)Oc1ccc(C=Cc2nc(COc3ccc(COCCn4ccnn4)cc3)cs2)cc1. The average molecular weight is 675 g/mol. The zero-order valence-corrected chi connectivity index (χ0v) is 26.0. The molecule has 242 valence electrons. The van der Waals surface area contributed by atoms with Crippen molar-refractivity contribution in [2.75, 3.05) is 6.61 Å². The number of hydrogen-bond donors (Lipinski definition) is 1. The van der Waals surface area contributed by atoms with Gasteiger partial charge in [-0.2, -0.15) is 8.42 Å². The van der Waals surface area contributed by atoms with Gasteiger partial charge in [-0.15, -0.1) is 29.6 Å². The molecule has 0 saturated carbocycles. The topological polar surface area (TPSA) is 126 Å². The fraction of sp³-hybridized carbons (Fsp3) is 0.194. The Labute approximate surface area is 267 Å². The molecule has 0 unspecified atom stereocenters. The van der Waals surface area contributed by atoms with Gasteiger partial charge in [-0.25, -0.2) is 4.98 Å². The second-order valence-corrected chi connectivity index (χ2v) is 11.8. The van der Waals surface area contributed by atoms with Crippen molar-refractivity contribution >= 4 is 33.6 Å². The smallest absolute Gasteiger partial charge is 0.487 e. The minimum absolute atomic E-state index is 0.0278. The van der Waals surface area contributed by atoms with Gasteiger partial charge in [0, 0.05) is 11.6 Å². The third kappa shape index (κ3) is 11.7. The van der Waals surface area contributed by atoms with Crippen molar-refractivity contribution in [2.24, 2.45) is 0 Å². The van der Waals surface area contributed by atoms with Crippen LogP contribution in [0.3, 0.4) is 0 Å². The van der Waals surface area contributed by atoms with Crippen LogP contribution in [0.5, 0.6) is 11.5 Å². The Morgan fingerprint density at radius 2 is 1.67 bits per heavy atom. The molecular formula is C31H29F3N4O6S2. The van der Waals surface area contributed by atoms with E-state index in [2.05, 4.69) is 20.0 Å². The van der Waals surface area contributed by atoms with Crippen molar-refractivity contribution in [3.8, 4) is 11.5 Å². The molecule has 2 heterocycles. The fourth-order valence-electron chi connectivity index (χ4n) is 3.80. The van der Waals surface area contributed by atoms with Gasteiger partial charge in [-0.1, -0.05) is 53.8 Å². The van der Waals surface area contributed by atoms with Crippen LogP contribution in [0.15, 0.2) is 95.5 Å². The first-order valence-corrected chi connectivity index (χ1v) is 15.9. The summed E-state index contributed by atoms with van der Waals surface area (Å²) in [7, 11) is -4.03. The lowest BCUT2D eigenvalue weighted by atomic mass is 10.2. The van der Waals surface area contributed by atoms with Crippen molar-refractivity contribution in [1.82, 2.24) is 20.0 Å². The van der Waals surface area contributed by atoms with Crippen molar-refractivity contribution in [1.29, 1.82) is 0 Å². The monoisotopic (exact) mass is 674 g/mol. The van der Waals surface area contributed by atoms with Gasteiger partial charge in [0.1, 0.15) is 23.1 Å². The van der Waals surface area contributed by atoms with Crippen molar-refractivity contribution < 1.29 is 40.4 Å². The van der Waals surface area contributed by atoms with E-state index in [4.69, 9.17) is 14.0 Å². The summed E-state index contributed by atoms with van der Waals surface area (Å²) < 4.78 is 83.6. The summed E-state index contributed by atoms with van der Waals surface area (Å²) in [6.45, 7) is 3.63. The molecule has 0 fully saturated rings. The van der Waals surface area contributed by atoms with Crippen LogP contribution in [0.2, 0.25) is 0 Å². The number of benzene rings is 3. The van der Waals surface area contributed by atoms with Gasteiger partial charge in [-0.3, -0.25) is 9.23 Å². The Bertz CT molecular complexity index is 1790. The summed E-state index contributed by atoms with van der Waals surface area (Å²) in [5, 5.41) is 10.3. The highest BCUT2D eigenvalue weighted by atomic mass is 32.2. The van der Waals surface area contributed by atoms with E-state index in [0.29, 0.717) is 31.9 Å². The molecule has 0 aliphatic heterocycles. The van der Waals surface area contributed by atoms with E-state index in [1.54, 1.807) is 66.5 Å². The first kappa shape index (κ1) is 34.3. The van der Waals surface area contributed by atoms with Gasteiger partial charge in [0.2, 0.25) is 0 Å². The predicted molar refractivity (Wildman–Crippen MR) is 166 cm³/mol. The molecule has 5 aromatic rings. The third-order valence-electron chi connectivity index (χ3n) is 5.99. The van der Waals surface area contributed by atoms with Crippen molar-refractivity contribution in [3.05, 3.63) is 118 Å². The van der Waals surface area contributed by atoms with E-state index in [1.807, 2.05) is 29.6 Å². The van der Waals surface area contributed by atoms with Gasteiger partial charge in [0.15, 0.2) is 0 Å². The number of aromatic nitrogens is 4. The summed E-state index contributed by atoms with van der Waals surface area (Å²) in [6, 6.07) is 19.6. The van der Waals surface area contributed by atoms with E-state index >= 15 is 0 Å². The molecule has 0 bridgehead atoms. The van der Waals surface area contributed by atoms with E-state index in [-0.39, 0.29) is 10.6 Å². The Balaban J connectivity index is 0.000000369. The van der Waals surface area contributed by atoms with E-state index in [0.717, 1.165) is 27.6 Å². The number of alkyl halides is 3. The molecule has 0 atom stereocenters. The second-order valence-electron chi connectivity index (χ2n) is 9.52. The molecule has 0 amide bonds. The molecule has 2 aromatic heterocycles. The molecule has 3 aromatic carbocycles. The van der Waals surface area contributed by atoms with Crippen LogP contribution < -0.4 is 9.47 Å². The lowest BCUT2D eigenvalue weighted by Gasteiger charge is -2.08. The zero-order valence-electron chi connectivity index (χ0n) is 24.4. The molecule has 0 aliphatic carbocycles. The molecule has 1 N–H and O–H groups in total. The highest BCUT2D eigenvalue weighted by Crippen LogP contribution is 2.24. The zero-order chi connectivity index (χ0) is 33.0. The van der Waals surface area contributed by atoms with Gasteiger partial charge in [0.25, 0.3) is 10.1 Å². The number of thiazole rings is 1. The molecule has 0 saturated heterocycles. The molecular weight excluding hydrogens is 645 g/mol. The lowest BCUT2D eigenvalue weighted by molar-refractivity contribution is -0.274. The molecule has 0 spiro atoms. The molecule has 0 radical (unpaired) electrons. The Kier molecular flexibility index (Phi) is 12.0. The van der Waals surface area contributed by atoms with Gasteiger partial charge < -0.3 is 14.2 Å². The quantitative estimate of drug-likeness (QED) is 0.112. The van der Waals surface area contributed by atoms with Crippen LogP contribution in [-0.4, -0.2) is 45.9 Å². The van der Waals surface area contributed by atoms with Crippen LogP contribution in [0, 0.1) is 6.92 Å². The molecule has 0 aliphatic rings. The highest BCUT2D eigenvalue weighted by molar-refractivity contribution is 7.85. The minimum atomic E-state index is -4.70. The standard InChI is InChI=1S/C24H21F3N4O3S.C7H8O3S/c25-24(26,27)34-22-8-1-18(2-9-22)5-10-23-29-20(17-35-23)16-33-21-6-3-19(4-7-21)15-32-14-13-31-12-11-28-30-31;1-6-4-2-3-5-7(6)11(8,9)10/h1-12,17H,13-16H2;2-5H,1H3,(H,8,9,10). The number of hydrogen-bond acceptors (Lipinski definition) is 9. The first-order chi connectivity index (χ1) is 21.9. The summed E-state index contributed by atoms with van der Waals surface area (Å²) >= 11 is 1.45. The number of nitrogens with zero attached hydrogens (tertiary/aromatic N) is 4. The maximum Gasteiger partial charge on any atom is 0.573 e. The summed E-state index contributed by atoms with van der Waals surface area (Å²) in [6.07, 6.45) is 2.28. The maximum absolute atomic E-state index is 12.2. The molecule has 46 heavy (non-hydrogen) atoms. The Hall–Kier alpha value is -4.57. The van der Waals surface area contributed by atoms with Crippen molar-refractivity contribution in [3.63, 3.8) is 0 Å². The number of ether oxygens (including phenoxy) is 3. The van der Waals surface area contributed by atoms with E-state index < -0.39 is 16.5 Å². The summed E-state index contributed by atoms with van der Waals surface area (Å²) in [5.41, 5.74) is 3.10. The average Bonchev–Trinajstić information content (AvgIpc) is 3.70. The largest absolute Gasteiger partial charge is 0.573 e. The maximum atomic E-state index is 12.2. The van der Waals surface area contributed by atoms with Crippen LogP contribution in [0.25, 0.3) is 12.2 Å². The van der Waals surface area contributed by atoms with Crippen LogP contribution in [0.1, 0.15) is 27.4 Å². The van der Waals surface area contributed by atoms with Crippen LogP contribution in [-0.2, 0) is 34.6 Å². The lowest BCUT2D eigenvalue weighted by Crippen LogP contribution is -2.16. The van der Waals surface area contributed by atoms with E-state index in [1.165, 1.54) is 29.5 Å². The summed E-state index contributed by atoms with van der Waals surface area (Å²) in [5.74, 6) is 0.467. The second kappa shape index (κ2) is 16.1. The van der Waals surface area contributed by atoms with Crippen LogP contribution in [0.4, 0.5) is 13.2 Å². The first-order valence-electron chi connectivity index (χ1n) is 13.6. The van der Waals surface area contributed by atoms with Gasteiger partial charge in [-0.05, 0) is 60.0 Å². The number of halogens is 3. The Morgan fingerprint density at radius 1 is 0.957 bits per heavy atom. The third-order valence-corrected chi connectivity index (χ3v) is 7.86. The summed E-state index contributed by atoms with van der Waals surface area (Å²) in [4.78, 5) is 4.47. The molecule has 15 heteroatoms. The van der Waals surface area contributed by atoms with E-state index in [9.17, 15) is 21.6 Å². The minimum Gasteiger partial charge on any atom is -0.487 e. The van der Waals surface area contributed by atoms with Crippen molar-refractivity contribution in [2.45, 2.75) is 37.9 Å². The Morgan fingerprint density at radius 3 is 2.30 bits per heavy atom. The van der Waals surface area contributed by atoms with Gasteiger partial charge >= 0.3 is 6.36 Å². The fourth-order valence-corrected chi connectivity index (χ4v) is 5.22.